The Morgan fingerprint density at radius 3 is 2.00 bits per heavy atom. The summed E-state index contributed by atoms with van der Waals surface area (Å²) in [6.45, 7) is 7.90. The van der Waals surface area contributed by atoms with E-state index in [1.165, 1.54) is 0 Å². The average molecular weight is 397 g/mol. The number of amides is 2. The third-order valence-corrected chi connectivity index (χ3v) is 3.74. The summed E-state index contributed by atoms with van der Waals surface area (Å²) in [7, 11) is 0. The maximum Gasteiger partial charge on any atom is 0.412 e. The fourth-order valence-corrected chi connectivity index (χ4v) is 2.29. The molecular weight excluding hydrogens is 366 g/mol. The molecule has 1 rings (SSSR count). The summed E-state index contributed by atoms with van der Waals surface area (Å²) in [6, 6.07) is 4.92. The first kappa shape index (κ1) is 25.4. The van der Waals surface area contributed by atoms with Crippen molar-refractivity contribution in [3.63, 3.8) is 0 Å². The van der Waals surface area contributed by atoms with Crippen LogP contribution in [0.1, 0.15) is 50.7 Å². The molecule has 0 radical (unpaired) electrons. The van der Waals surface area contributed by atoms with E-state index in [1.54, 1.807) is 0 Å². The molecule has 2 amide bonds. The highest BCUT2D eigenvalue weighted by atomic mass is 16.6. The number of ether oxygens (including phenoxy) is 1. The zero-order valence-electron chi connectivity index (χ0n) is 16.8. The van der Waals surface area contributed by atoms with E-state index in [2.05, 4.69) is 10.6 Å². The Kier molecular flexibility index (Phi) is 12.2. The van der Waals surface area contributed by atoms with E-state index in [1.807, 2.05) is 45.9 Å². The molecule has 0 unspecified atom stereocenters. The molecular formula is C19H31N3O6. The van der Waals surface area contributed by atoms with Crippen molar-refractivity contribution in [3.05, 3.63) is 29.3 Å². The van der Waals surface area contributed by atoms with Crippen LogP contribution in [0.5, 0.6) is 5.75 Å². The minimum atomic E-state index is -0.960. The van der Waals surface area contributed by atoms with E-state index in [0.717, 1.165) is 11.1 Å². The Hall–Kier alpha value is -2.65. The molecule has 0 bridgehead atoms. The van der Waals surface area contributed by atoms with Gasteiger partial charge in [-0.1, -0.05) is 45.9 Å². The van der Waals surface area contributed by atoms with Gasteiger partial charge >= 0.3 is 6.09 Å². The molecule has 0 aromatic heterocycles. The number of nitrogens with two attached hydrogens (primary N) is 1. The Labute approximate surface area is 165 Å². The minimum Gasteiger partial charge on any atom is -0.483 e. The molecule has 0 fully saturated rings. The third kappa shape index (κ3) is 8.83. The van der Waals surface area contributed by atoms with Gasteiger partial charge in [0.15, 0.2) is 0 Å². The number of hydrogen-bond donors (Lipinski definition) is 5. The second-order valence-corrected chi connectivity index (χ2v) is 6.58. The summed E-state index contributed by atoms with van der Waals surface area (Å²) in [5, 5.41) is 20.8. The van der Waals surface area contributed by atoms with Gasteiger partial charge in [0.1, 0.15) is 11.8 Å². The number of benzene rings is 1. The maximum atomic E-state index is 12.1. The van der Waals surface area contributed by atoms with Gasteiger partial charge < -0.3 is 31.3 Å². The lowest BCUT2D eigenvalue weighted by molar-refractivity contribution is -0.123. The first-order valence-electron chi connectivity index (χ1n) is 8.99. The topological polar surface area (TPSA) is 151 Å². The number of rotatable bonds is 8. The summed E-state index contributed by atoms with van der Waals surface area (Å²) in [4.78, 5) is 31.9. The lowest BCUT2D eigenvalue weighted by atomic mass is 9.94. The number of carboxylic acid groups (broad SMARTS) is 1. The van der Waals surface area contributed by atoms with Crippen LogP contribution >= 0.6 is 0 Å². The average Bonchev–Trinajstić information content (AvgIpc) is 2.64. The molecule has 9 heteroatoms. The van der Waals surface area contributed by atoms with Gasteiger partial charge in [0.2, 0.25) is 5.91 Å². The molecule has 28 heavy (non-hydrogen) atoms. The lowest BCUT2D eigenvalue weighted by Crippen LogP contribution is -2.45. The van der Waals surface area contributed by atoms with E-state index < -0.39 is 24.6 Å². The Morgan fingerprint density at radius 2 is 1.57 bits per heavy atom. The Morgan fingerprint density at radius 1 is 1.11 bits per heavy atom. The van der Waals surface area contributed by atoms with Gasteiger partial charge in [-0.2, -0.15) is 0 Å². The zero-order valence-corrected chi connectivity index (χ0v) is 16.8. The van der Waals surface area contributed by atoms with Gasteiger partial charge in [-0.25, -0.2) is 4.79 Å². The number of carbonyl (C=O) groups is 3. The second-order valence-electron chi connectivity index (χ2n) is 6.58. The first-order valence-corrected chi connectivity index (χ1v) is 8.99. The summed E-state index contributed by atoms with van der Waals surface area (Å²) in [5.74, 6) is 0.572. The molecule has 0 saturated carbocycles. The molecule has 1 aromatic carbocycles. The van der Waals surface area contributed by atoms with Gasteiger partial charge in [-0.3, -0.25) is 9.59 Å². The van der Waals surface area contributed by atoms with E-state index in [9.17, 15) is 9.59 Å². The molecule has 158 valence electrons. The largest absolute Gasteiger partial charge is 0.483 e. The number of hydrogen-bond acceptors (Lipinski definition) is 6. The van der Waals surface area contributed by atoms with E-state index in [0.29, 0.717) is 5.75 Å². The summed E-state index contributed by atoms with van der Waals surface area (Å²) < 4.78 is 5.55. The molecule has 0 spiro atoms. The lowest BCUT2D eigenvalue weighted by Gasteiger charge is -2.19. The molecule has 1 atom stereocenters. The van der Waals surface area contributed by atoms with Crippen LogP contribution in [0.25, 0.3) is 0 Å². The SMILES string of the molecule is CC(C)c1cccc(C(C)C)c1OC(=O)NCCNC(=O)[C@@H](N)CO.O=CO. The molecule has 0 aliphatic rings. The minimum absolute atomic E-state index is 0.198. The van der Waals surface area contributed by atoms with E-state index in [-0.39, 0.29) is 31.4 Å². The summed E-state index contributed by atoms with van der Waals surface area (Å²) in [5.41, 5.74) is 7.33. The van der Waals surface area contributed by atoms with Crippen LogP contribution in [0.2, 0.25) is 0 Å². The normalized spacial score (nSPS) is 11.3. The van der Waals surface area contributed by atoms with Crippen LogP contribution < -0.4 is 21.1 Å². The molecule has 0 aliphatic carbocycles. The number of aliphatic hydroxyl groups excluding tert-OH is 1. The molecule has 1 aromatic rings. The van der Waals surface area contributed by atoms with Crippen LogP contribution in [0, 0.1) is 0 Å². The van der Waals surface area contributed by atoms with Crippen LogP contribution in [0.3, 0.4) is 0 Å². The van der Waals surface area contributed by atoms with Gasteiger partial charge in [-0.15, -0.1) is 0 Å². The molecule has 9 nitrogen and oxygen atoms in total. The van der Waals surface area contributed by atoms with Gasteiger partial charge in [-0.05, 0) is 23.0 Å². The maximum absolute atomic E-state index is 12.1. The number of para-hydroxylation sites is 1. The summed E-state index contributed by atoms with van der Waals surface area (Å²) >= 11 is 0. The van der Waals surface area contributed by atoms with Crippen molar-refractivity contribution in [1.29, 1.82) is 0 Å². The number of nitrogens with one attached hydrogen (secondary N) is 2. The van der Waals surface area contributed by atoms with Crippen LogP contribution in [-0.2, 0) is 9.59 Å². The first-order chi connectivity index (χ1) is 13.2. The van der Waals surface area contributed by atoms with Crippen molar-refractivity contribution in [2.24, 2.45) is 5.73 Å². The predicted octanol–water partition coefficient (Wildman–Crippen LogP) is 1.16. The van der Waals surface area contributed by atoms with Gasteiger partial charge in [0.25, 0.3) is 6.47 Å². The van der Waals surface area contributed by atoms with E-state index in [4.69, 9.17) is 25.5 Å². The highest BCUT2D eigenvalue weighted by molar-refractivity contribution is 5.81. The van der Waals surface area contributed by atoms with Crippen molar-refractivity contribution >= 4 is 18.5 Å². The van der Waals surface area contributed by atoms with Crippen molar-refractivity contribution in [2.45, 2.75) is 45.6 Å². The second kappa shape index (κ2) is 13.5. The third-order valence-electron chi connectivity index (χ3n) is 3.74. The molecule has 0 aliphatic heterocycles. The van der Waals surface area contributed by atoms with Gasteiger partial charge in [0, 0.05) is 13.1 Å². The van der Waals surface area contributed by atoms with E-state index >= 15 is 0 Å². The van der Waals surface area contributed by atoms with Crippen molar-refractivity contribution in [2.75, 3.05) is 19.7 Å². The fourth-order valence-electron chi connectivity index (χ4n) is 2.29. The van der Waals surface area contributed by atoms with Crippen LogP contribution in [0.4, 0.5) is 4.79 Å². The predicted molar refractivity (Wildman–Crippen MR) is 105 cm³/mol. The van der Waals surface area contributed by atoms with Crippen molar-refractivity contribution in [1.82, 2.24) is 10.6 Å². The van der Waals surface area contributed by atoms with Crippen molar-refractivity contribution < 1.29 is 29.3 Å². The molecule has 6 N–H and O–H groups in total. The van der Waals surface area contributed by atoms with Gasteiger partial charge in [0.05, 0.1) is 6.61 Å². The smallest absolute Gasteiger partial charge is 0.412 e. The molecule has 0 saturated heterocycles. The quantitative estimate of drug-likeness (QED) is 0.326. The number of aliphatic hydroxyl groups is 1. The Bertz CT molecular complexity index is 608. The fraction of sp³-hybridized carbons (Fsp3) is 0.526. The highest BCUT2D eigenvalue weighted by Crippen LogP contribution is 2.34. The molecule has 0 heterocycles. The summed E-state index contributed by atoms with van der Waals surface area (Å²) in [6.07, 6.45) is -0.573. The van der Waals surface area contributed by atoms with Crippen LogP contribution in [-0.4, -0.2) is 54.4 Å². The number of carbonyl (C=O) groups excluding carboxylic acids is 2. The monoisotopic (exact) mass is 397 g/mol. The van der Waals surface area contributed by atoms with Crippen molar-refractivity contribution in [3.8, 4) is 5.75 Å². The van der Waals surface area contributed by atoms with Crippen LogP contribution in [0.15, 0.2) is 18.2 Å². The standard InChI is InChI=1S/C18H29N3O4.CH2O2/c1-11(2)13-6-5-7-14(12(3)4)16(13)25-18(24)21-9-8-20-17(23)15(19)10-22;2-1-3/h5-7,11-12,15,22H,8-10,19H2,1-4H3,(H,20,23)(H,21,24);1H,(H,2,3)/t15-;/m0./s1. The Balaban J connectivity index is 0.00000227. The zero-order chi connectivity index (χ0) is 21.7. The highest BCUT2D eigenvalue weighted by Gasteiger charge is 2.18.